The Morgan fingerprint density at radius 3 is 2.38 bits per heavy atom. The van der Waals surface area contributed by atoms with Crippen molar-refractivity contribution in [2.75, 3.05) is 19.6 Å². The average Bonchev–Trinajstić information content (AvgIpc) is 2.54. The van der Waals surface area contributed by atoms with Gasteiger partial charge in [-0.1, -0.05) is 20.3 Å². The van der Waals surface area contributed by atoms with E-state index in [0.717, 1.165) is 13.0 Å². The Balaban J connectivity index is 1.78. The van der Waals surface area contributed by atoms with Crippen molar-refractivity contribution in [3.05, 3.63) is 0 Å². The molecule has 2 rings (SSSR count). The highest BCUT2D eigenvalue weighted by molar-refractivity contribution is 5.12. The van der Waals surface area contributed by atoms with Crippen LogP contribution in [-0.2, 0) is 0 Å². The first-order valence-electron chi connectivity index (χ1n) is 5.15. The molecule has 1 saturated heterocycles. The van der Waals surface area contributed by atoms with E-state index in [1.807, 2.05) is 0 Å². The summed E-state index contributed by atoms with van der Waals surface area (Å²) in [6, 6.07) is 0. The minimum absolute atomic E-state index is 0.309. The van der Waals surface area contributed by atoms with E-state index in [-0.39, 0.29) is 11.8 Å². The van der Waals surface area contributed by atoms with E-state index in [1.54, 1.807) is 0 Å². The second-order valence-electron chi connectivity index (χ2n) is 4.62. The Morgan fingerprint density at radius 2 is 1.92 bits per heavy atom. The van der Waals surface area contributed by atoms with Crippen molar-refractivity contribution >= 4 is 0 Å². The van der Waals surface area contributed by atoms with Crippen LogP contribution in [0.4, 0.5) is 8.78 Å². The highest BCUT2D eigenvalue weighted by Crippen LogP contribution is 2.59. The summed E-state index contributed by atoms with van der Waals surface area (Å²) in [6.07, 6.45) is 1.14. The van der Waals surface area contributed by atoms with Crippen LogP contribution in [0.1, 0.15) is 20.3 Å². The maximum absolute atomic E-state index is 12.8. The van der Waals surface area contributed by atoms with E-state index in [4.69, 9.17) is 0 Å². The summed E-state index contributed by atoms with van der Waals surface area (Å²) in [7, 11) is 0. The van der Waals surface area contributed by atoms with E-state index >= 15 is 0 Å². The lowest BCUT2D eigenvalue weighted by atomic mass is 10.1. The van der Waals surface area contributed by atoms with Crippen LogP contribution in [-0.4, -0.2) is 30.5 Å². The summed E-state index contributed by atoms with van der Waals surface area (Å²) in [5.74, 6) is -2.29. The lowest BCUT2D eigenvalue weighted by Crippen LogP contribution is -2.31. The molecule has 0 aromatic carbocycles. The van der Waals surface area contributed by atoms with E-state index in [2.05, 4.69) is 18.7 Å². The molecule has 0 N–H and O–H groups in total. The molecule has 2 fully saturated rings. The highest BCUT2D eigenvalue weighted by atomic mass is 19.3. The molecule has 3 unspecified atom stereocenters. The van der Waals surface area contributed by atoms with Crippen molar-refractivity contribution in [1.82, 2.24) is 4.90 Å². The van der Waals surface area contributed by atoms with E-state index in [9.17, 15) is 8.78 Å². The van der Waals surface area contributed by atoms with Crippen molar-refractivity contribution in [1.29, 1.82) is 0 Å². The van der Waals surface area contributed by atoms with Crippen LogP contribution >= 0.6 is 0 Å². The fourth-order valence-electron chi connectivity index (χ4n) is 2.31. The normalized spacial score (nSPS) is 38.8. The Hall–Kier alpha value is -0.180. The second kappa shape index (κ2) is 2.91. The summed E-state index contributed by atoms with van der Waals surface area (Å²) < 4.78 is 25.6. The minimum Gasteiger partial charge on any atom is -0.302 e. The molecule has 1 nitrogen and oxygen atoms in total. The first-order chi connectivity index (χ1) is 6.05. The van der Waals surface area contributed by atoms with Gasteiger partial charge in [0.1, 0.15) is 0 Å². The van der Waals surface area contributed by atoms with Gasteiger partial charge in [-0.2, -0.15) is 0 Å². The molecule has 1 aliphatic heterocycles. The average molecular weight is 189 g/mol. The van der Waals surface area contributed by atoms with Crippen LogP contribution in [0.2, 0.25) is 0 Å². The van der Waals surface area contributed by atoms with Crippen LogP contribution in [0.3, 0.4) is 0 Å². The molecule has 0 radical (unpaired) electrons. The van der Waals surface area contributed by atoms with Crippen LogP contribution in [0.5, 0.6) is 0 Å². The number of rotatable bonds is 3. The summed E-state index contributed by atoms with van der Waals surface area (Å²) in [4.78, 5) is 2.20. The van der Waals surface area contributed by atoms with Gasteiger partial charge in [0.15, 0.2) is 0 Å². The van der Waals surface area contributed by atoms with Gasteiger partial charge in [0, 0.05) is 31.5 Å². The minimum atomic E-state index is -2.31. The Kier molecular flexibility index (Phi) is 2.10. The van der Waals surface area contributed by atoms with Crippen LogP contribution in [0.15, 0.2) is 0 Å². The largest absolute Gasteiger partial charge is 0.302 e. The molecular weight excluding hydrogens is 172 g/mol. The SMILES string of the molecule is CCC(C)CN1CC2C(C1)C2(F)F. The topological polar surface area (TPSA) is 3.24 Å². The van der Waals surface area contributed by atoms with Gasteiger partial charge in [-0.15, -0.1) is 0 Å². The summed E-state index contributed by atoms with van der Waals surface area (Å²) in [5.41, 5.74) is 0. The van der Waals surface area contributed by atoms with Crippen LogP contribution in [0.25, 0.3) is 0 Å². The highest BCUT2D eigenvalue weighted by Gasteiger charge is 2.71. The molecule has 2 aliphatic rings. The molecule has 3 heteroatoms. The number of halogens is 2. The molecule has 1 aliphatic carbocycles. The number of hydrogen-bond donors (Lipinski definition) is 0. The molecule has 3 atom stereocenters. The van der Waals surface area contributed by atoms with Crippen LogP contribution < -0.4 is 0 Å². The Bertz CT molecular complexity index is 191. The van der Waals surface area contributed by atoms with Gasteiger partial charge in [0.2, 0.25) is 0 Å². The first kappa shape index (κ1) is 9.38. The molecule has 0 aromatic heterocycles. The van der Waals surface area contributed by atoms with Crippen molar-refractivity contribution in [2.24, 2.45) is 17.8 Å². The van der Waals surface area contributed by atoms with Gasteiger partial charge >= 0.3 is 0 Å². The smallest absolute Gasteiger partial charge is 0.257 e. The van der Waals surface area contributed by atoms with Crippen molar-refractivity contribution in [3.63, 3.8) is 0 Å². The third-order valence-corrected chi connectivity index (χ3v) is 3.54. The number of likely N-dealkylation sites (tertiary alicyclic amines) is 1. The summed E-state index contributed by atoms with van der Waals surface area (Å²) in [6.45, 7) is 6.59. The zero-order valence-electron chi connectivity index (χ0n) is 8.26. The van der Waals surface area contributed by atoms with E-state index in [1.165, 1.54) is 0 Å². The van der Waals surface area contributed by atoms with Gasteiger partial charge in [0.05, 0.1) is 0 Å². The molecular formula is C10H17F2N. The predicted molar refractivity (Wildman–Crippen MR) is 47.8 cm³/mol. The maximum atomic E-state index is 12.8. The van der Waals surface area contributed by atoms with Crippen molar-refractivity contribution in [3.8, 4) is 0 Å². The molecule has 1 saturated carbocycles. The fourth-order valence-corrected chi connectivity index (χ4v) is 2.31. The van der Waals surface area contributed by atoms with Gasteiger partial charge in [-0.3, -0.25) is 0 Å². The molecule has 0 spiro atoms. The van der Waals surface area contributed by atoms with E-state index < -0.39 is 5.92 Å². The Labute approximate surface area is 78.1 Å². The lowest BCUT2D eigenvalue weighted by molar-refractivity contribution is 0.0506. The third kappa shape index (κ3) is 1.47. The quantitative estimate of drug-likeness (QED) is 0.658. The molecule has 0 aromatic rings. The number of piperidine rings is 1. The zero-order chi connectivity index (χ0) is 9.64. The second-order valence-corrected chi connectivity index (χ2v) is 4.62. The monoisotopic (exact) mass is 189 g/mol. The molecule has 0 bridgehead atoms. The zero-order valence-corrected chi connectivity index (χ0v) is 8.26. The number of fused-ring (bicyclic) bond motifs is 1. The number of hydrogen-bond acceptors (Lipinski definition) is 1. The summed E-state index contributed by atoms with van der Waals surface area (Å²) in [5, 5.41) is 0. The van der Waals surface area contributed by atoms with Crippen molar-refractivity contribution in [2.45, 2.75) is 26.2 Å². The number of alkyl halides is 2. The van der Waals surface area contributed by atoms with Gasteiger partial charge in [-0.25, -0.2) is 8.78 Å². The first-order valence-corrected chi connectivity index (χ1v) is 5.15. The maximum Gasteiger partial charge on any atom is 0.257 e. The van der Waals surface area contributed by atoms with Crippen molar-refractivity contribution < 1.29 is 8.78 Å². The predicted octanol–water partition coefficient (Wildman–Crippen LogP) is 2.23. The molecule has 13 heavy (non-hydrogen) atoms. The van der Waals surface area contributed by atoms with Gasteiger partial charge in [-0.05, 0) is 5.92 Å². The molecule has 1 heterocycles. The number of nitrogens with zero attached hydrogens (tertiary/aromatic N) is 1. The van der Waals surface area contributed by atoms with Gasteiger partial charge < -0.3 is 4.90 Å². The summed E-state index contributed by atoms with van der Waals surface area (Å²) >= 11 is 0. The fraction of sp³-hybridized carbons (Fsp3) is 1.00. The van der Waals surface area contributed by atoms with E-state index in [0.29, 0.717) is 19.0 Å². The Morgan fingerprint density at radius 1 is 1.38 bits per heavy atom. The van der Waals surface area contributed by atoms with Gasteiger partial charge in [0.25, 0.3) is 5.92 Å². The molecule has 0 amide bonds. The molecule has 76 valence electrons. The third-order valence-electron chi connectivity index (χ3n) is 3.54. The standard InChI is InChI=1S/C10H17F2N/c1-3-7(2)4-13-5-8-9(6-13)10(8,11)12/h7-9H,3-6H2,1-2H3. The lowest BCUT2D eigenvalue weighted by Gasteiger charge is -2.22. The van der Waals surface area contributed by atoms with Crippen LogP contribution in [0, 0.1) is 17.8 Å².